The summed E-state index contributed by atoms with van der Waals surface area (Å²) in [5.41, 5.74) is 0.127. The fourth-order valence-corrected chi connectivity index (χ4v) is 4.14. The minimum Gasteiger partial charge on any atom is -0.476 e. The van der Waals surface area contributed by atoms with Crippen LogP contribution in [0.3, 0.4) is 0 Å². The number of benzene rings is 2. The lowest BCUT2D eigenvalue weighted by molar-refractivity contribution is -0.114. The van der Waals surface area contributed by atoms with Crippen molar-refractivity contribution in [2.75, 3.05) is 30.4 Å². The van der Waals surface area contributed by atoms with Crippen molar-refractivity contribution in [1.29, 1.82) is 0 Å². The Morgan fingerprint density at radius 1 is 1.18 bits per heavy atom. The van der Waals surface area contributed by atoms with Gasteiger partial charge in [-0.05, 0) is 48.7 Å². The van der Waals surface area contributed by atoms with E-state index in [0.717, 1.165) is 46.9 Å². The van der Waals surface area contributed by atoms with Gasteiger partial charge in [0.25, 0.3) is 5.88 Å². The minimum atomic E-state index is -0.746. The number of carbonyl (C=O) groups is 1. The molecule has 3 aromatic rings. The number of rotatable bonds is 6. The first-order valence-corrected chi connectivity index (χ1v) is 11.1. The first-order valence-electron chi connectivity index (χ1n) is 10.7. The Morgan fingerprint density at radius 3 is 2.59 bits per heavy atom. The first kappa shape index (κ1) is 23.5. The molecule has 1 saturated heterocycles. The smallest absolute Gasteiger partial charge is 0.352 e. The van der Waals surface area contributed by atoms with Crippen LogP contribution in [-0.2, 0) is 11.3 Å². The average Bonchev–Trinajstić information content (AvgIpc) is 3.34. The molecule has 1 aliphatic heterocycles. The quantitative estimate of drug-likeness (QED) is 0.574. The largest absolute Gasteiger partial charge is 0.476 e. The Kier molecular flexibility index (Phi) is 6.69. The lowest BCUT2D eigenvalue weighted by atomic mass is 10.2. The number of nitrogens with zero attached hydrogens (tertiary/aromatic N) is 4. The summed E-state index contributed by atoms with van der Waals surface area (Å²) in [6.45, 7) is 2.97. The summed E-state index contributed by atoms with van der Waals surface area (Å²) in [6.07, 6.45) is 2.15. The molecule has 1 aliphatic rings. The molecule has 11 heteroatoms. The van der Waals surface area contributed by atoms with Gasteiger partial charge in [0.05, 0.1) is 35.7 Å². The number of hydrogen-bond donors (Lipinski definition) is 1. The summed E-state index contributed by atoms with van der Waals surface area (Å²) in [5.74, 6) is -1.46. The lowest BCUT2D eigenvalue weighted by Gasteiger charge is -2.20. The van der Waals surface area contributed by atoms with E-state index in [9.17, 15) is 18.8 Å². The zero-order valence-electron chi connectivity index (χ0n) is 18.7. The summed E-state index contributed by atoms with van der Waals surface area (Å²) in [7, 11) is 1.27. The minimum absolute atomic E-state index is 0.0473. The number of carbonyl (C=O) groups excluding carboxylic acids is 1. The molecular formula is C23H23ClFN5O4. The number of methoxy groups -OCH3 is 1. The maximum atomic E-state index is 14.1. The molecule has 0 bridgehead atoms. The molecule has 0 aliphatic carbocycles. The van der Waals surface area contributed by atoms with Crippen LogP contribution in [0.15, 0.2) is 46.0 Å². The third-order valence-electron chi connectivity index (χ3n) is 5.53. The van der Waals surface area contributed by atoms with Gasteiger partial charge < -0.3 is 15.0 Å². The fraction of sp³-hybridized carbons (Fsp3) is 0.304. The van der Waals surface area contributed by atoms with Crippen molar-refractivity contribution in [3.05, 3.63) is 73.6 Å². The molecule has 4 rings (SSSR count). The zero-order chi connectivity index (χ0) is 24.4. The third kappa shape index (κ3) is 4.67. The SMILES string of the molecule is COc1nn(-c2ccc(F)c(NC(C)=O)c2)c(=O)n(Cc2ccc(Cl)c(N3CCCC3)c2)c1=O. The second kappa shape index (κ2) is 9.68. The number of anilines is 2. The van der Waals surface area contributed by atoms with Gasteiger partial charge in [0, 0.05) is 20.0 Å². The van der Waals surface area contributed by atoms with Gasteiger partial charge in [-0.25, -0.2) is 13.8 Å². The van der Waals surface area contributed by atoms with E-state index in [2.05, 4.69) is 15.3 Å². The molecule has 1 aromatic heterocycles. The Bertz CT molecular complexity index is 1360. The Balaban J connectivity index is 1.79. The average molecular weight is 488 g/mol. The van der Waals surface area contributed by atoms with Crippen LogP contribution in [0.5, 0.6) is 5.88 Å². The van der Waals surface area contributed by atoms with E-state index in [4.69, 9.17) is 16.3 Å². The number of nitrogens with one attached hydrogen (secondary N) is 1. The normalized spacial score (nSPS) is 13.2. The van der Waals surface area contributed by atoms with Crippen LogP contribution in [0, 0.1) is 5.82 Å². The van der Waals surface area contributed by atoms with Crippen molar-refractivity contribution >= 4 is 28.9 Å². The van der Waals surface area contributed by atoms with Gasteiger partial charge in [0.2, 0.25) is 5.91 Å². The number of amides is 1. The topological polar surface area (TPSA) is 98.5 Å². The molecule has 178 valence electrons. The van der Waals surface area contributed by atoms with Gasteiger partial charge in [0.15, 0.2) is 0 Å². The zero-order valence-corrected chi connectivity index (χ0v) is 19.4. The van der Waals surface area contributed by atoms with Crippen LogP contribution in [0.2, 0.25) is 5.02 Å². The molecule has 2 heterocycles. The van der Waals surface area contributed by atoms with Gasteiger partial charge in [-0.3, -0.25) is 9.59 Å². The molecule has 0 radical (unpaired) electrons. The lowest BCUT2D eigenvalue weighted by Crippen LogP contribution is -2.41. The van der Waals surface area contributed by atoms with Crippen LogP contribution < -0.4 is 26.2 Å². The van der Waals surface area contributed by atoms with E-state index < -0.39 is 23.0 Å². The van der Waals surface area contributed by atoms with E-state index in [1.807, 2.05) is 6.07 Å². The van der Waals surface area contributed by atoms with E-state index >= 15 is 0 Å². The second-order valence-electron chi connectivity index (χ2n) is 7.92. The van der Waals surface area contributed by atoms with E-state index in [0.29, 0.717) is 10.6 Å². The maximum Gasteiger partial charge on any atom is 0.352 e. The monoisotopic (exact) mass is 487 g/mol. The number of halogens is 2. The van der Waals surface area contributed by atoms with E-state index in [1.54, 1.807) is 12.1 Å². The molecule has 0 atom stereocenters. The summed E-state index contributed by atoms with van der Waals surface area (Å²) >= 11 is 6.39. The molecule has 9 nitrogen and oxygen atoms in total. The Morgan fingerprint density at radius 2 is 1.91 bits per heavy atom. The third-order valence-corrected chi connectivity index (χ3v) is 5.85. The van der Waals surface area contributed by atoms with Crippen LogP contribution in [0.4, 0.5) is 15.8 Å². The number of ether oxygens (including phenoxy) is 1. The van der Waals surface area contributed by atoms with Crippen molar-refractivity contribution in [1.82, 2.24) is 14.3 Å². The summed E-state index contributed by atoms with van der Waals surface area (Å²) < 4.78 is 21.1. The number of hydrogen-bond acceptors (Lipinski definition) is 6. The standard InChI is InChI=1S/C23H23ClFN5O4/c1-14(31)26-19-12-16(6-8-18(19)25)30-23(33)29(22(32)21(27-30)34-2)13-15-5-7-17(24)20(11-15)28-9-3-4-10-28/h5-8,11-12H,3-4,9-10,13H2,1-2H3,(H,26,31). The molecular weight excluding hydrogens is 465 g/mol. The van der Waals surface area contributed by atoms with E-state index in [1.165, 1.54) is 26.2 Å². The molecule has 2 aromatic carbocycles. The van der Waals surface area contributed by atoms with Crippen molar-refractivity contribution in [3.8, 4) is 11.6 Å². The summed E-state index contributed by atoms with van der Waals surface area (Å²) in [4.78, 5) is 39.7. The van der Waals surface area contributed by atoms with Crippen molar-refractivity contribution in [3.63, 3.8) is 0 Å². The first-order chi connectivity index (χ1) is 16.3. The van der Waals surface area contributed by atoms with Crippen molar-refractivity contribution < 1.29 is 13.9 Å². The molecule has 0 unspecified atom stereocenters. The van der Waals surface area contributed by atoms with Gasteiger partial charge in [0.1, 0.15) is 5.82 Å². The van der Waals surface area contributed by atoms with Crippen molar-refractivity contribution in [2.24, 2.45) is 0 Å². The van der Waals surface area contributed by atoms with Gasteiger partial charge in [-0.2, -0.15) is 4.68 Å². The maximum absolute atomic E-state index is 14.1. The summed E-state index contributed by atoms with van der Waals surface area (Å²) in [5, 5.41) is 6.95. The fourth-order valence-electron chi connectivity index (χ4n) is 3.90. The molecule has 0 spiro atoms. The highest BCUT2D eigenvalue weighted by atomic mass is 35.5. The van der Waals surface area contributed by atoms with Gasteiger partial charge in [-0.1, -0.05) is 17.7 Å². The van der Waals surface area contributed by atoms with Crippen LogP contribution in [0.25, 0.3) is 5.69 Å². The van der Waals surface area contributed by atoms with Crippen molar-refractivity contribution in [2.45, 2.75) is 26.3 Å². The molecule has 1 fully saturated rings. The predicted molar refractivity (Wildman–Crippen MR) is 127 cm³/mol. The molecule has 34 heavy (non-hydrogen) atoms. The molecule has 1 amide bonds. The van der Waals surface area contributed by atoms with Crippen LogP contribution in [-0.4, -0.2) is 40.5 Å². The van der Waals surface area contributed by atoms with E-state index in [-0.39, 0.29) is 23.8 Å². The molecule has 1 N–H and O–H groups in total. The number of aromatic nitrogens is 3. The van der Waals surface area contributed by atoms with Gasteiger partial charge >= 0.3 is 11.2 Å². The highest BCUT2D eigenvalue weighted by Crippen LogP contribution is 2.30. The van der Waals surface area contributed by atoms with Gasteiger partial charge in [-0.15, -0.1) is 5.10 Å². The Hall–Kier alpha value is -3.66. The Labute approximate surface area is 199 Å². The highest BCUT2D eigenvalue weighted by molar-refractivity contribution is 6.33. The van der Waals surface area contributed by atoms with Crippen LogP contribution in [0.1, 0.15) is 25.3 Å². The summed E-state index contributed by atoms with van der Waals surface area (Å²) in [6, 6.07) is 9.02. The predicted octanol–water partition coefficient (Wildman–Crippen LogP) is 2.80. The van der Waals surface area contributed by atoms with Crippen LogP contribution >= 0.6 is 11.6 Å². The second-order valence-corrected chi connectivity index (χ2v) is 8.33. The highest BCUT2D eigenvalue weighted by Gasteiger charge is 2.19. The molecule has 0 saturated carbocycles.